The largest absolute Gasteiger partial charge is 0.396 e. The van der Waals surface area contributed by atoms with Gasteiger partial charge < -0.3 is 16.4 Å². The highest BCUT2D eigenvalue weighted by Gasteiger charge is 2.16. The molecule has 5 heteroatoms. The summed E-state index contributed by atoms with van der Waals surface area (Å²) >= 11 is 0. The van der Waals surface area contributed by atoms with Crippen LogP contribution in [0.15, 0.2) is 48.5 Å². The van der Waals surface area contributed by atoms with Gasteiger partial charge in [-0.3, -0.25) is 4.79 Å². The third-order valence-corrected chi connectivity index (χ3v) is 3.15. The number of nitrogens with zero attached hydrogens (tertiary/aromatic N) is 2. The molecule has 4 N–H and O–H groups in total. The lowest BCUT2D eigenvalue weighted by atomic mass is 10.1. The van der Waals surface area contributed by atoms with Crippen LogP contribution in [-0.4, -0.2) is 12.5 Å². The summed E-state index contributed by atoms with van der Waals surface area (Å²) in [6.07, 6.45) is 0.342. The predicted octanol–water partition coefficient (Wildman–Crippen LogP) is 2.42. The van der Waals surface area contributed by atoms with Crippen molar-refractivity contribution in [1.82, 2.24) is 0 Å². The molecule has 0 fully saturated rings. The summed E-state index contributed by atoms with van der Waals surface area (Å²) in [5.74, 6) is -0.567. The van der Waals surface area contributed by atoms with Crippen LogP contribution < -0.4 is 16.4 Å². The zero-order valence-electron chi connectivity index (χ0n) is 11.5. The SMILES string of the molecule is N#CCCN(c1ccccc1)c1cccc(C(N)=O)c1N. The van der Waals surface area contributed by atoms with Crippen LogP contribution >= 0.6 is 0 Å². The van der Waals surface area contributed by atoms with Crippen molar-refractivity contribution < 1.29 is 4.79 Å². The number of anilines is 3. The first-order valence-corrected chi connectivity index (χ1v) is 6.53. The highest BCUT2D eigenvalue weighted by Crippen LogP contribution is 2.32. The smallest absolute Gasteiger partial charge is 0.250 e. The lowest BCUT2D eigenvalue weighted by Gasteiger charge is -2.26. The minimum absolute atomic E-state index is 0.283. The number of carbonyl (C=O) groups excluding carboxylic acids is 1. The monoisotopic (exact) mass is 280 g/mol. The van der Waals surface area contributed by atoms with Gasteiger partial charge in [0, 0.05) is 12.2 Å². The van der Waals surface area contributed by atoms with E-state index in [4.69, 9.17) is 16.7 Å². The number of carbonyl (C=O) groups is 1. The van der Waals surface area contributed by atoms with Crippen molar-refractivity contribution in [1.29, 1.82) is 5.26 Å². The van der Waals surface area contributed by atoms with Crippen LogP contribution in [0.3, 0.4) is 0 Å². The zero-order chi connectivity index (χ0) is 15.2. The summed E-state index contributed by atoms with van der Waals surface area (Å²) in [5.41, 5.74) is 13.6. The summed E-state index contributed by atoms with van der Waals surface area (Å²) in [5, 5.41) is 8.84. The average molecular weight is 280 g/mol. The Hall–Kier alpha value is -3.00. The van der Waals surface area contributed by atoms with Gasteiger partial charge >= 0.3 is 0 Å². The van der Waals surface area contributed by atoms with E-state index < -0.39 is 5.91 Å². The van der Waals surface area contributed by atoms with E-state index in [1.165, 1.54) is 0 Å². The van der Waals surface area contributed by atoms with Crippen molar-refractivity contribution in [3.8, 4) is 6.07 Å². The summed E-state index contributed by atoms with van der Waals surface area (Å²) in [6, 6.07) is 16.8. The maximum Gasteiger partial charge on any atom is 0.250 e. The molecule has 21 heavy (non-hydrogen) atoms. The van der Waals surface area contributed by atoms with Crippen LogP contribution in [0.4, 0.5) is 17.1 Å². The Labute approximate surface area is 123 Å². The van der Waals surface area contributed by atoms with E-state index in [-0.39, 0.29) is 5.56 Å². The number of amides is 1. The van der Waals surface area contributed by atoms with Crippen molar-refractivity contribution >= 4 is 23.0 Å². The van der Waals surface area contributed by atoms with E-state index in [1.54, 1.807) is 12.1 Å². The number of para-hydroxylation sites is 2. The molecule has 106 valence electrons. The Bertz CT molecular complexity index is 676. The lowest BCUT2D eigenvalue weighted by Crippen LogP contribution is -2.21. The van der Waals surface area contributed by atoms with Crippen LogP contribution in [-0.2, 0) is 0 Å². The van der Waals surface area contributed by atoms with Crippen molar-refractivity contribution in [3.05, 3.63) is 54.1 Å². The molecule has 2 rings (SSSR count). The molecular formula is C16H16N4O. The van der Waals surface area contributed by atoms with Crippen LogP contribution in [0.25, 0.3) is 0 Å². The Kier molecular flexibility index (Phi) is 4.42. The fraction of sp³-hybridized carbons (Fsp3) is 0.125. The molecular weight excluding hydrogens is 264 g/mol. The molecule has 0 saturated carbocycles. The molecule has 5 nitrogen and oxygen atoms in total. The summed E-state index contributed by atoms with van der Waals surface area (Å²) in [4.78, 5) is 13.3. The van der Waals surface area contributed by atoms with Gasteiger partial charge in [0.05, 0.1) is 29.4 Å². The fourth-order valence-electron chi connectivity index (χ4n) is 2.16. The first-order valence-electron chi connectivity index (χ1n) is 6.53. The second-order valence-electron chi connectivity index (χ2n) is 4.50. The van der Waals surface area contributed by atoms with Gasteiger partial charge in [0.15, 0.2) is 0 Å². The van der Waals surface area contributed by atoms with Gasteiger partial charge in [-0.1, -0.05) is 24.3 Å². The van der Waals surface area contributed by atoms with Gasteiger partial charge in [-0.2, -0.15) is 5.26 Å². The molecule has 0 radical (unpaired) electrons. The highest BCUT2D eigenvalue weighted by atomic mass is 16.1. The molecule has 0 bridgehead atoms. The molecule has 0 atom stereocenters. The maximum absolute atomic E-state index is 11.4. The average Bonchev–Trinajstić information content (AvgIpc) is 2.50. The number of benzene rings is 2. The topological polar surface area (TPSA) is 96.1 Å². The van der Waals surface area contributed by atoms with Crippen LogP contribution in [0.1, 0.15) is 16.8 Å². The number of hydrogen-bond acceptors (Lipinski definition) is 4. The molecule has 2 aromatic carbocycles. The van der Waals surface area contributed by atoms with Gasteiger partial charge in [-0.25, -0.2) is 0 Å². The molecule has 0 spiro atoms. The standard InChI is InChI=1S/C16H16N4O/c17-10-5-11-20(12-6-2-1-3-7-12)14-9-4-8-13(15(14)18)16(19)21/h1-4,6-9H,5,11,18H2,(H2,19,21). The van der Waals surface area contributed by atoms with Gasteiger partial charge in [-0.15, -0.1) is 0 Å². The first kappa shape index (κ1) is 14.4. The van der Waals surface area contributed by atoms with Crippen molar-refractivity contribution in [3.63, 3.8) is 0 Å². The van der Waals surface area contributed by atoms with Crippen LogP contribution in [0.2, 0.25) is 0 Å². The molecule has 0 saturated heterocycles. The highest BCUT2D eigenvalue weighted by molar-refractivity contribution is 6.01. The molecule has 0 heterocycles. The van der Waals surface area contributed by atoms with Gasteiger partial charge in [0.25, 0.3) is 5.91 Å². The van der Waals surface area contributed by atoms with Gasteiger partial charge in [-0.05, 0) is 24.3 Å². The third-order valence-electron chi connectivity index (χ3n) is 3.15. The van der Waals surface area contributed by atoms with Crippen LogP contribution in [0.5, 0.6) is 0 Å². The number of nitrogens with two attached hydrogens (primary N) is 2. The number of rotatable bonds is 5. The zero-order valence-corrected chi connectivity index (χ0v) is 11.5. The third kappa shape index (κ3) is 3.12. The lowest BCUT2D eigenvalue weighted by molar-refractivity contribution is 0.100. The number of nitrogen functional groups attached to an aromatic ring is 1. The van der Waals surface area contributed by atoms with Gasteiger partial charge in [0.1, 0.15) is 0 Å². The Balaban J connectivity index is 2.50. The molecule has 0 aliphatic rings. The quantitative estimate of drug-likeness (QED) is 0.822. The molecule has 1 amide bonds. The van der Waals surface area contributed by atoms with E-state index in [0.717, 1.165) is 5.69 Å². The summed E-state index contributed by atoms with van der Waals surface area (Å²) < 4.78 is 0. The van der Waals surface area contributed by atoms with Crippen molar-refractivity contribution in [2.24, 2.45) is 5.73 Å². The van der Waals surface area contributed by atoms with Crippen molar-refractivity contribution in [2.45, 2.75) is 6.42 Å². The number of nitriles is 1. The van der Waals surface area contributed by atoms with E-state index >= 15 is 0 Å². The minimum atomic E-state index is -0.567. The normalized spacial score (nSPS) is 9.86. The Morgan fingerprint density at radius 2 is 1.86 bits per heavy atom. The Morgan fingerprint density at radius 1 is 1.14 bits per heavy atom. The number of hydrogen-bond donors (Lipinski definition) is 2. The minimum Gasteiger partial charge on any atom is -0.396 e. The molecule has 0 aromatic heterocycles. The first-order chi connectivity index (χ1) is 10.1. The molecule has 0 unspecified atom stereocenters. The maximum atomic E-state index is 11.4. The molecule has 2 aromatic rings. The molecule has 0 aliphatic carbocycles. The second-order valence-corrected chi connectivity index (χ2v) is 4.50. The fourth-order valence-corrected chi connectivity index (χ4v) is 2.16. The number of primary amides is 1. The van der Waals surface area contributed by atoms with Gasteiger partial charge in [0.2, 0.25) is 0 Å². The van der Waals surface area contributed by atoms with E-state index in [2.05, 4.69) is 6.07 Å². The second kappa shape index (κ2) is 6.44. The summed E-state index contributed by atoms with van der Waals surface area (Å²) in [6.45, 7) is 0.479. The van der Waals surface area contributed by atoms with E-state index in [1.807, 2.05) is 41.3 Å². The predicted molar refractivity (Wildman–Crippen MR) is 83.1 cm³/mol. The molecule has 0 aliphatic heterocycles. The van der Waals surface area contributed by atoms with E-state index in [0.29, 0.717) is 24.3 Å². The van der Waals surface area contributed by atoms with Crippen molar-refractivity contribution in [2.75, 3.05) is 17.2 Å². The Morgan fingerprint density at radius 3 is 2.48 bits per heavy atom. The van der Waals surface area contributed by atoms with E-state index in [9.17, 15) is 4.79 Å². The summed E-state index contributed by atoms with van der Waals surface area (Å²) in [7, 11) is 0. The van der Waals surface area contributed by atoms with Crippen LogP contribution in [0, 0.1) is 11.3 Å².